The molecule has 4 heteroatoms. The summed E-state index contributed by atoms with van der Waals surface area (Å²) in [4.78, 5) is 24.8. The molecule has 1 atom stereocenters. The van der Waals surface area contributed by atoms with Crippen molar-refractivity contribution in [3.63, 3.8) is 0 Å². The summed E-state index contributed by atoms with van der Waals surface area (Å²) in [7, 11) is 0. The van der Waals surface area contributed by atoms with Gasteiger partial charge in [0.05, 0.1) is 5.92 Å². The summed E-state index contributed by atoms with van der Waals surface area (Å²) < 4.78 is 0. The number of benzene rings is 1. The molecule has 4 nitrogen and oxygen atoms in total. The number of amides is 1. The third kappa shape index (κ3) is 4.09. The van der Waals surface area contributed by atoms with Gasteiger partial charge in [-0.05, 0) is 29.4 Å². The molecule has 0 aliphatic carbocycles. The fraction of sp³-hybridized carbons (Fsp3) is 0.556. The minimum atomic E-state index is -0.798. The van der Waals surface area contributed by atoms with E-state index < -0.39 is 11.9 Å². The zero-order chi connectivity index (χ0) is 16.3. The van der Waals surface area contributed by atoms with Gasteiger partial charge < -0.3 is 10.0 Å². The van der Waals surface area contributed by atoms with Gasteiger partial charge in [-0.25, -0.2) is 0 Å². The summed E-state index contributed by atoms with van der Waals surface area (Å²) in [5.74, 6) is -1.13. The highest BCUT2D eigenvalue weighted by atomic mass is 16.4. The van der Waals surface area contributed by atoms with Gasteiger partial charge in [-0.3, -0.25) is 9.59 Å². The van der Waals surface area contributed by atoms with Crippen LogP contribution in [0.2, 0.25) is 0 Å². The third-order valence-electron chi connectivity index (χ3n) is 4.34. The highest BCUT2D eigenvalue weighted by molar-refractivity contribution is 5.78. The maximum Gasteiger partial charge on any atom is 0.308 e. The molecule has 1 fully saturated rings. The van der Waals surface area contributed by atoms with E-state index in [1.807, 2.05) is 0 Å². The summed E-state index contributed by atoms with van der Waals surface area (Å²) in [5, 5.41) is 8.97. The molecule has 1 saturated heterocycles. The Morgan fingerprint density at radius 1 is 1.23 bits per heavy atom. The fourth-order valence-corrected chi connectivity index (χ4v) is 2.77. The third-order valence-corrected chi connectivity index (χ3v) is 4.34. The van der Waals surface area contributed by atoms with Crippen molar-refractivity contribution in [2.75, 3.05) is 13.1 Å². The maximum absolute atomic E-state index is 12.1. The lowest BCUT2D eigenvalue weighted by Crippen LogP contribution is -2.30. The molecule has 1 aliphatic heterocycles. The van der Waals surface area contributed by atoms with Crippen LogP contribution in [-0.4, -0.2) is 35.0 Å². The quantitative estimate of drug-likeness (QED) is 0.930. The Bertz CT molecular complexity index is 542. The Morgan fingerprint density at radius 3 is 2.36 bits per heavy atom. The molecule has 22 heavy (non-hydrogen) atoms. The van der Waals surface area contributed by atoms with Crippen molar-refractivity contribution in [3.05, 3.63) is 35.4 Å². The summed E-state index contributed by atoms with van der Waals surface area (Å²) in [6.45, 7) is 7.46. The SMILES string of the molecule is CC(C)(C)c1ccc(CCC(=O)N2CCC(C(=O)O)C2)cc1. The molecule has 1 aliphatic rings. The highest BCUT2D eigenvalue weighted by Crippen LogP contribution is 2.23. The lowest BCUT2D eigenvalue weighted by Gasteiger charge is -2.19. The van der Waals surface area contributed by atoms with Gasteiger partial charge in [0.1, 0.15) is 0 Å². The number of rotatable bonds is 4. The molecular weight excluding hydrogens is 278 g/mol. The van der Waals surface area contributed by atoms with Crippen molar-refractivity contribution in [1.82, 2.24) is 4.90 Å². The van der Waals surface area contributed by atoms with E-state index >= 15 is 0 Å². The molecule has 0 saturated carbocycles. The van der Waals surface area contributed by atoms with Gasteiger partial charge >= 0.3 is 5.97 Å². The highest BCUT2D eigenvalue weighted by Gasteiger charge is 2.30. The van der Waals surface area contributed by atoms with Crippen LogP contribution in [0.1, 0.15) is 44.7 Å². The number of likely N-dealkylation sites (tertiary alicyclic amines) is 1. The molecular formula is C18H25NO3. The second-order valence-electron chi connectivity index (χ2n) is 7.11. The van der Waals surface area contributed by atoms with Crippen molar-refractivity contribution in [2.45, 2.75) is 45.4 Å². The van der Waals surface area contributed by atoms with E-state index in [9.17, 15) is 9.59 Å². The van der Waals surface area contributed by atoms with Crippen molar-refractivity contribution < 1.29 is 14.7 Å². The first-order chi connectivity index (χ1) is 10.3. The van der Waals surface area contributed by atoms with Gasteiger partial charge in [0.25, 0.3) is 0 Å². The lowest BCUT2D eigenvalue weighted by molar-refractivity contribution is -0.141. The van der Waals surface area contributed by atoms with Gasteiger partial charge in [0.2, 0.25) is 5.91 Å². The summed E-state index contributed by atoms with van der Waals surface area (Å²) in [6, 6.07) is 8.40. The van der Waals surface area contributed by atoms with Gasteiger partial charge in [0.15, 0.2) is 0 Å². The predicted octanol–water partition coefficient (Wildman–Crippen LogP) is 2.85. The first-order valence-electron chi connectivity index (χ1n) is 7.87. The fourth-order valence-electron chi connectivity index (χ4n) is 2.77. The van der Waals surface area contributed by atoms with Crippen LogP contribution in [0.5, 0.6) is 0 Å². The Hall–Kier alpha value is -1.84. The van der Waals surface area contributed by atoms with Crippen LogP contribution in [0.25, 0.3) is 0 Å². The molecule has 1 unspecified atom stereocenters. The molecule has 1 N–H and O–H groups in total. The molecule has 0 bridgehead atoms. The van der Waals surface area contributed by atoms with Crippen molar-refractivity contribution in [1.29, 1.82) is 0 Å². The van der Waals surface area contributed by atoms with E-state index in [2.05, 4.69) is 45.0 Å². The average Bonchev–Trinajstić information content (AvgIpc) is 2.94. The molecule has 1 heterocycles. The van der Waals surface area contributed by atoms with Crippen molar-refractivity contribution in [3.8, 4) is 0 Å². The standard InChI is InChI=1S/C18H25NO3/c1-18(2,3)15-7-4-13(5-8-15)6-9-16(20)19-11-10-14(12-19)17(21)22/h4-5,7-8,14H,6,9-12H2,1-3H3,(H,21,22). The second-order valence-corrected chi connectivity index (χ2v) is 7.11. The number of nitrogens with zero attached hydrogens (tertiary/aromatic N) is 1. The predicted molar refractivity (Wildman–Crippen MR) is 85.8 cm³/mol. The number of hydrogen-bond donors (Lipinski definition) is 1. The monoisotopic (exact) mass is 303 g/mol. The number of carbonyl (C=O) groups is 2. The van der Waals surface area contributed by atoms with Crippen molar-refractivity contribution in [2.24, 2.45) is 5.92 Å². The van der Waals surface area contributed by atoms with Crippen LogP contribution in [0.4, 0.5) is 0 Å². The molecule has 0 aromatic heterocycles. The van der Waals surface area contributed by atoms with Crippen LogP contribution in [0, 0.1) is 5.92 Å². The number of carbonyl (C=O) groups excluding carboxylic acids is 1. The zero-order valence-electron chi connectivity index (χ0n) is 13.6. The van der Waals surface area contributed by atoms with Gasteiger partial charge in [-0.15, -0.1) is 0 Å². The number of carboxylic acids is 1. The Labute approximate surface area is 132 Å². The van der Waals surface area contributed by atoms with E-state index in [4.69, 9.17) is 5.11 Å². The second kappa shape index (κ2) is 6.51. The van der Waals surface area contributed by atoms with Crippen LogP contribution in [0.15, 0.2) is 24.3 Å². The smallest absolute Gasteiger partial charge is 0.308 e. The zero-order valence-corrected chi connectivity index (χ0v) is 13.6. The van der Waals surface area contributed by atoms with Gasteiger partial charge in [-0.1, -0.05) is 45.0 Å². The minimum absolute atomic E-state index is 0.0589. The summed E-state index contributed by atoms with van der Waals surface area (Å²) in [6.07, 6.45) is 1.72. The molecule has 1 aromatic carbocycles. The van der Waals surface area contributed by atoms with E-state index in [0.29, 0.717) is 32.4 Å². The number of aliphatic carboxylic acids is 1. The van der Waals surface area contributed by atoms with E-state index in [0.717, 1.165) is 5.56 Å². The topological polar surface area (TPSA) is 57.6 Å². The lowest BCUT2D eigenvalue weighted by atomic mass is 9.86. The largest absolute Gasteiger partial charge is 0.481 e. The van der Waals surface area contributed by atoms with Gasteiger partial charge in [-0.2, -0.15) is 0 Å². The normalized spacial score (nSPS) is 18.5. The number of aryl methyl sites for hydroxylation is 1. The number of hydrogen-bond acceptors (Lipinski definition) is 2. The summed E-state index contributed by atoms with van der Waals surface area (Å²) in [5.41, 5.74) is 2.57. The first-order valence-corrected chi connectivity index (χ1v) is 7.87. The Morgan fingerprint density at radius 2 is 1.86 bits per heavy atom. The Balaban J connectivity index is 1.85. The Kier molecular flexibility index (Phi) is 4.89. The maximum atomic E-state index is 12.1. The average molecular weight is 303 g/mol. The first kappa shape index (κ1) is 16.5. The summed E-state index contributed by atoms with van der Waals surface area (Å²) >= 11 is 0. The van der Waals surface area contributed by atoms with Crippen LogP contribution in [-0.2, 0) is 21.4 Å². The molecule has 120 valence electrons. The minimum Gasteiger partial charge on any atom is -0.481 e. The van der Waals surface area contributed by atoms with Crippen LogP contribution >= 0.6 is 0 Å². The number of carboxylic acid groups (broad SMARTS) is 1. The van der Waals surface area contributed by atoms with Crippen LogP contribution in [0.3, 0.4) is 0 Å². The molecule has 1 amide bonds. The molecule has 1 aromatic rings. The van der Waals surface area contributed by atoms with Crippen LogP contribution < -0.4 is 0 Å². The molecule has 2 rings (SSSR count). The molecule has 0 radical (unpaired) electrons. The van der Waals surface area contributed by atoms with Crippen molar-refractivity contribution >= 4 is 11.9 Å². The van der Waals surface area contributed by atoms with Gasteiger partial charge in [0, 0.05) is 19.5 Å². The molecule has 0 spiro atoms. The van der Waals surface area contributed by atoms with E-state index in [1.54, 1.807) is 4.90 Å². The van der Waals surface area contributed by atoms with E-state index in [-0.39, 0.29) is 11.3 Å². The van der Waals surface area contributed by atoms with E-state index in [1.165, 1.54) is 5.56 Å².